The van der Waals surface area contributed by atoms with Crippen LogP contribution in [0.3, 0.4) is 0 Å². The van der Waals surface area contributed by atoms with Gasteiger partial charge in [0.2, 0.25) is 5.91 Å². The van der Waals surface area contributed by atoms with Crippen molar-refractivity contribution in [3.63, 3.8) is 0 Å². The van der Waals surface area contributed by atoms with Gasteiger partial charge >= 0.3 is 6.03 Å². The van der Waals surface area contributed by atoms with E-state index in [0.29, 0.717) is 19.0 Å². The average molecular weight is 408 g/mol. The van der Waals surface area contributed by atoms with Crippen LogP contribution in [0.15, 0.2) is 24.3 Å². The number of likely N-dealkylation sites (tertiary alicyclic amines) is 1. The van der Waals surface area contributed by atoms with Gasteiger partial charge in [0.05, 0.1) is 0 Å². The van der Waals surface area contributed by atoms with Gasteiger partial charge in [0.15, 0.2) is 0 Å². The zero-order valence-corrected chi connectivity index (χ0v) is 18.6. The third-order valence-electron chi connectivity index (χ3n) is 5.45. The number of halogens is 1. The van der Waals surface area contributed by atoms with E-state index in [1.807, 2.05) is 44.7 Å². The van der Waals surface area contributed by atoms with E-state index in [9.17, 15) is 9.59 Å². The van der Waals surface area contributed by atoms with Gasteiger partial charge in [-0.2, -0.15) is 0 Å². The second-order valence-corrected chi connectivity index (χ2v) is 9.57. The molecule has 1 heterocycles. The molecule has 5 nitrogen and oxygen atoms in total. The Morgan fingerprint density at radius 2 is 1.71 bits per heavy atom. The highest BCUT2D eigenvalue weighted by atomic mass is 35.5. The van der Waals surface area contributed by atoms with Crippen LogP contribution in [-0.2, 0) is 4.79 Å². The van der Waals surface area contributed by atoms with Crippen molar-refractivity contribution in [2.24, 2.45) is 11.3 Å². The summed E-state index contributed by atoms with van der Waals surface area (Å²) in [5.74, 6) is 0.377. The molecule has 6 heteroatoms. The SMILES string of the molecule is CC(C)NC(=O)N[C@@H](C(=O)N1CCC(c2ccc(Cl)cc2)C(C)(C)C1)C(C)C. The van der Waals surface area contributed by atoms with E-state index in [1.165, 1.54) is 5.56 Å². The molecule has 156 valence electrons. The Kier molecular flexibility index (Phi) is 7.38. The second-order valence-electron chi connectivity index (χ2n) is 9.14. The predicted molar refractivity (Wildman–Crippen MR) is 115 cm³/mol. The van der Waals surface area contributed by atoms with Crippen LogP contribution < -0.4 is 10.6 Å². The fourth-order valence-electron chi connectivity index (χ4n) is 4.01. The average Bonchev–Trinajstić information content (AvgIpc) is 2.58. The zero-order chi connectivity index (χ0) is 21.1. The molecule has 0 saturated carbocycles. The van der Waals surface area contributed by atoms with Gasteiger partial charge < -0.3 is 15.5 Å². The first kappa shape index (κ1) is 22.5. The maximum absolute atomic E-state index is 13.2. The van der Waals surface area contributed by atoms with Crippen LogP contribution in [0.4, 0.5) is 4.79 Å². The van der Waals surface area contributed by atoms with Crippen molar-refractivity contribution < 1.29 is 9.59 Å². The van der Waals surface area contributed by atoms with E-state index < -0.39 is 6.04 Å². The van der Waals surface area contributed by atoms with E-state index in [-0.39, 0.29) is 29.3 Å². The van der Waals surface area contributed by atoms with Crippen molar-refractivity contribution in [1.82, 2.24) is 15.5 Å². The van der Waals surface area contributed by atoms with Gasteiger partial charge in [-0.15, -0.1) is 0 Å². The minimum absolute atomic E-state index is 0.00321. The molecule has 1 unspecified atom stereocenters. The molecule has 1 aromatic rings. The largest absolute Gasteiger partial charge is 0.340 e. The topological polar surface area (TPSA) is 61.4 Å². The minimum atomic E-state index is -0.526. The summed E-state index contributed by atoms with van der Waals surface area (Å²) >= 11 is 6.03. The quantitative estimate of drug-likeness (QED) is 0.759. The Labute approximate surface area is 174 Å². The van der Waals surface area contributed by atoms with Crippen LogP contribution in [0.2, 0.25) is 5.02 Å². The third kappa shape index (κ3) is 5.63. The van der Waals surface area contributed by atoms with Gasteiger partial charge in [-0.05, 0) is 55.2 Å². The summed E-state index contributed by atoms with van der Waals surface area (Å²) in [6.07, 6.45) is 0.892. The molecule has 1 saturated heterocycles. The van der Waals surface area contributed by atoms with Crippen molar-refractivity contribution in [1.29, 1.82) is 0 Å². The van der Waals surface area contributed by atoms with E-state index in [0.717, 1.165) is 11.4 Å². The fraction of sp³-hybridized carbons (Fsp3) is 0.636. The summed E-state index contributed by atoms with van der Waals surface area (Å²) in [7, 11) is 0. The summed E-state index contributed by atoms with van der Waals surface area (Å²) in [5.41, 5.74) is 1.19. The van der Waals surface area contributed by atoms with Crippen LogP contribution in [0.25, 0.3) is 0 Å². The first-order chi connectivity index (χ1) is 13.0. The Morgan fingerprint density at radius 1 is 1.11 bits per heavy atom. The van der Waals surface area contributed by atoms with Crippen molar-refractivity contribution in [3.8, 4) is 0 Å². The molecule has 1 aliphatic rings. The van der Waals surface area contributed by atoms with Crippen molar-refractivity contribution in [2.45, 2.75) is 66.0 Å². The van der Waals surface area contributed by atoms with Gasteiger partial charge in [-0.25, -0.2) is 4.79 Å². The van der Waals surface area contributed by atoms with Crippen LogP contribution >= 0.6 is 11.6 Å². The highest BCUT2D eigenvalue weighted by molar-refractivity contribution is 6.30. The molecular weight excluding hydrogens is 374 g/mol. The fourth-order valence-corrected chi connectivity index (χ4v) is 4.14. The maximum Gasteiger partial charge on any atom is 0.315 e. The zero-order valence-electron chi connectivity index (χ0n) is 17.9. The smallest absolute Gasteiger partial charge is 0.315 e. The summed E-state index contributed by atoms with van der Waals surface area (Å²) in [4.78, 5) is 27.3. The molecule has 0 aliphatic carbocycles. The Balaban J connectivity index is 2.10. The van der Waals surface area contributed by atoms with Crippen LogP contribution in [0.5, 0.6) is 0 Å². The van der Waals surface area contributed by atoms with E-state index >= 15 is 0 Å². The number of carbonyl (C=O) groups excluding carboxylic acids is 2. The lowest BCUT2D eigenvalue weighted by Crippen LogP contribution is -2.57. The van der Waals surface area contributed by atoms with Gasteiger partial charge in [0.25, 0.3) is 0 Å². The van der Waals surface area contributed by atoms with Crippen molar-refractivity contribution in [2.75, 3.05) is 13.1 Å². The second kappa shape index (κ2) is 9.17. The number of benzene rings is 1. The van der Waals surface area contributed by atoms with Gasteiger partial charge in [0.1, 0.15) is 6.04 Å². The van der Waals surface area contributed by atoms with Crippen LogP contribution in [0.1, 0.15) is 59.4 Å². The number of hydrogen-bond acceptors (Lipinski definition) is 2. The summed E-state index contributed by atoms with van der Waals surface area (Å²) in [5, 5.41) is 6.40. The molecule has 0 bridgehead atoms. The van der Waals surface area contributed by atoms with Crippen molar-refractivity contribution in [3.05, 3.63) is 34.9 Å². The van der Waals surface area contributed by atoms with E-state index in [1.54, 1.807) is 0 Å². The molecule has 1 aliphatic heterocycles. The molecule has 1 aromatic carbocycles. The molecule has 28 heavy (non-hydrogen) atoms. The number of nitrogens with one attached hydrogen (secondary N) is 2. The molecular formula is C22H34ClN3O2. The molecule has 3 amide bonds. The van der Waals surface area contributed by atoms with Crippen molar-refractivity contribution >= 4 is 23.5 Å². The Hall–Kier alpha value is -1.75. The monoisotopic (exact) mass is 407 g/mol. The standard InChI is InChI=1S/C22H34ClN3O2/c1-14(2)19(25-21(28)24-15(3)4)20(27)26-12-11-18(22(5,6)13-26)16-7-9-17(23)10-8-16/h7-10,14-15,18-19H,11-13H2,1-6H3,(H2,24,25,28)/t18?,19-/m1/s1. The molecule has 0 aromatic heterocycles. The summed E-state index contributed by atoms with van der Waals surface area (Å²) in [6, 6.07) is 7.23. The van der Waals surface area contributed by atoms with Gasteiger partial charge in [-0.1, -0.05) is 51.4 Å². The maximum atomic E-state index is 13.2. The summed E-state index contributed by atoms with van der Waals surface area (Å²) < 4.78 is 0. The lowest BCUT2D eigenvalue weighted by Gasteiger charge is -2.45. The number of carbonyl (C=O) groups is 2. The van der Waals surface area contributed by atoms with Gasteiger partial charge in [0, 0.05) is 24.2 Å². The molecule has 0 radical (unpaired) electrons. The molecule has 2 atom stereocenters. The van der Waals surface area contributed by atoms with Crippen LogP contribution in [0, 0.1) is 11.3 Å². The molecule has 1 fully saturated rings. The number of urea groups is 1. The Bertz CT molecular complexity index is 686. The lowest BCUT2D eigenvalue weighted by atomic mass is 9.70. The molecule has 0 spiro atoms. The normalized spacial score (nSPS) is 20.2. The highest BCUT2D eigenvalue weighted by Gasteiger charge is 2.40. The highest BCUT2D eigenvalue weighted by Crippen LogP contribution is 2.42. The molecule has 2 N–H and O–H groups in total. The number of rotatable bonds is 5. The predicted octanol–water partition coefficient (Wildman–Crippen LogP) is 4.41. The Morgan fingerprint density at radius 3 is 2.21 bits per heavy atom. The minimum Gasteiger partial charge on any atom is -0.340 e. The lowest BCUT2D eigenvalue weighted by molar-refractivity contribution is -0.137. The number of piperidine rings is 1. The number of hydrogen-bond donors (Lipinski definition) is 2. The van der Waals surface area contributed by atoms with E-state index in [4.69, 9.17) is 11.6 Å². The summed E-state index contributed by atoms with van der Waals surface area (Å²) in [6.45, 7) is 13.5. The van der Waals surface area contributed by atoms with E-state index in [2.05, 4.69) is 36.6 Å². The third-order valence-corrected chi connectivity index (χ3v) is 5.70. The number of amides is 3. The van der Waals surface area contributed by atoms with Crippen LogP contribution in [-0.4, -0.2) is 42.0 Å². The first-order valence-corrected chi connectivity index (χ1v) is 10.5. The number of nitrogens with zero attached hydrogens (tertiary/aromatic N) is 1. The van der Waals surface area contributed by atoms with Gasteiger partial charge in [-0.3, -0.25) is 4.79 Å². The first-order valence-electron chi connectivity index (χ1n) is 10.1. The molecule has 2 rings (SSSR count).